The van der Waals surface area contributed by atoms with Gasteiger partial charge in [0.05, 0.1) is 12.8 Å². The van der Waals surface area contributed by atoms with Gasteiger partial charge >= 0.3 is 0 Å². The molecule has 0 radical (unpaired) electrons. The van der Waals surface area contributed by atoms with Crippen molar-refractivity contribution in [3.63, 3.8) is 0 Å². The lowest BCUT2D eigenvalue weighted by Gasteiger charge is -2.00. The summed E-state index contributed by atoms with van der Waals surface area (Å²) in [6.45, 7) is 0.314. The summed E-state index contributed by atoms with van der Waals surface area (Å²) in [4.78, 5) is 11.7. The van der Waals surface area contributed by atoms with Crippen LogP contribution in [0.15, 0.2) is 69.7 Å². The zero-order chi connectivity index (χ0) is 16.1. The lowest BCUT2D eigenvalue weighted by Crippen LogP contribution is -2.19. The van der Waals surface area contributed by atoms with E-state index in [1.54, 1.807) is 36.6 Å². The van der Waals surface area contributed by atoms with E-state index in [4.69, 9.17) is 20.4 Å². The second kappa shape index (κ2) is 7.03. The molecule has 116 valence electrons. The minimum atomic E-state index is -0.217. The van der Waals surface area contributed by atoms with Crippen LogP contribution in [0, 0.1) is 0 Å². The molecular formula is C18H14ClNO3. The van der Waals surface area contributed by atoms with Gasteiger partial charge in [0.1, 0.15) is 17.3 Å². The van der Waals surface area contributed by atoms with E-state index in [0.717, 1.165) is 11.3 Å². The number of carbonyl (C=O) groups is 1. The zero-order valence-corrected chi connectivity index (χ0v) is 12.9. The SMILES string of the molecule is O=C(/C=C/c1ccco1)NCc1ccc(-c2ccc(Cl)cc2)o1. The number of halogens is 1. The maximum atomic E-state index is 11.7. The second-order valence-corrected chi connectivity index (χ2v) is 5.28. The van der Waals surface area contributed by atoms with E-state index in [-0.39, 0.29) is 5.91 Å². The summed E-state index contributed by atoms with van der Waals surface area (Å²) >= 11 is 5.86. The summed E-state index contributed by atoms with van der Waals surface area (Å²) in [5.41, 5.74) is 0.935. The molecule has 0 saturated carbocycles. The van der Waals surface area contributed by atoms with Gasteiger partial charge in [0, 0.05) is 16.7 Å². The maximum absolute atomic E-state index is 11.7. The van der Waals surface area contributed by atoms with E-state index < -0.39 is 0 Å². The Kier molecular flexibility index (Phi) is 4.64. The first-order chi connectivity index (χ1) is 11.2. The predicted molar refractivity (Wildman–Crippen MR) is 88.7 cm³/mol. The van der Waals surface area contributed by atoms with E-state index in [1.165, 1.54) is 6.08 Å². The summed E-state index contributed by atoms with van der Waals surface area (Å²) in [6, 6.07) is 14.6. The quantitative estimate of drug-likeness (QED) is 0.701. The molecule has 23 heavy (non-hydrogen) atoms. The highest BCUT2D eigenvalue weighted by Gasteiger charge is 2.05. The van der Waals surface area contributed by atoms with Crippen LogP contribution in [0.2, 0.25) is 5.02 Å². The van der Waals surface area contributed by atoms with E-state index in [9.17, 15) is 4.79 Å². The van der Waals surface area contributed by atoms with Gasteiger partial charge in [0.15, 0.2) is 0 Å². The van der Waals surface area contributed by atoms with Crippen LogP contribution in [0.5, 0.6) is 0 Å². The number of amides is 1. The number of carbonyl (C=O) groups excluding carboxylic acids is 1. The fraction of sp³-hybridized carbons (Fsp3) is 0.0556. The lowest BCUT2D eigenvalue weighted by atomic mass is 10.2. The molecule has 1 amide bonds. The average molecular weight is 328 g/mol. The highest BCUT2D eigenvalue weighted by Crippen LogP contribution is 2.23. The van der Waals surface area contributed by atoms with Gasteiger partial charge in [0.2, 0.25) is 5.91 Å². The Labute approximate surface area is 138 Å². The minimum Gasteiger partial charge on any atom is -0.465 e. The van der Waals surface area contributed by atoms with Crippen LogP contribution in [-0.2, 0) is 11.3 Å². The Morgan fingerprint density at radius 1 is 1.13 bits per heavy atom. The van der Waals surface area contributed by atoms with Crippen LogP contribution in [0.4, 0.5) is 0 Å². The fourth-order valence-electron chi connectivity index (χ4n) is 2.02. The molecule has 0 aliphatic rings. The summed E-state index contributed by atoms with van der Waals surface area (Å²) in [5.74, 6) is 1.82. The number of nitrogens with one attached hydrogen (secondary N) is 1. The van der Waals surface area contributed by atoms with Gasteiger partial charge in [-0.15, -0.1) is 0 Å². The van der Waals surface area contributed by atoms with Crippen molar-refractivity contribution in [3.05, 3.63) is 77.4 Å². The van der Waals surface area contributed by atoms with E-state index >= 15 is 0 Å². The zero-order valence-electron chi connectivity index (χ0n) is 12.2. The van der Waals surface area contributed by atoms with Crippen molar-refractivity contribution in [1.29, 1.82) is 0 Å². The molecule has 4 nitrogen and oxygen atoms in total. The van der Waals surface area contributed by atoms with Gasteiger partial charge in [-0.05, 0) is 54.6 Å². The molecule has 1 aromatic carbocycles. The minimum absolute atomic E-state index is 0.217. The van der Waals surface area contributed by atoms with Crippen LogP contribution < -0.4 is 5.32 Å². The maximum Gasteiger partial charge on any atom is 0.244 e. The standard InChI is InChI=1S/C18H14ClNO3/c19-14-5-3-13(4-6-14)17-9-7-16(23-17)12-20-18(21)10-8-15-2-1-11-22-15/h1-11H,12H2,(H,20,21)/b10-8+. The van der Waals surface area contributed by atoms with Crippen LogP contribution in [0.25, 0.3) is 17.4 Å². The second-order valence-electron chi connectivity index (χ2n) is 4.84. The molecule has 3 aromatic rings. The predicted octanol–water partition coefficient (Wildman–Crippen LogP) is 4.52. The lowest BCUT2D eigenvalue weighted by molar-refractivity contribution is -0.116. The number of benzene rings is 1. The van der Waals surface area contributed by atoms with Crippen molar-refractivity contribution >= 4 is 23.6 Å². The Morgan fingerprint density at radius 3 is 2.70 bits per heavy atom. The Bertz CT molecular complexity index is 801. The summed E-state index contributed by atoms with van der Waals surface area (Å²) in [5, 5.41) is 3.43. The Hall–Kier alpha value is -2.72. The van der Waals surface area contributed by atoms with Gasteiger partial charge in [0.25, 0.3) is 0 Å². The molecule has 0 aliphatic heterocycles. The van der Waals surface area contributed by atoms with Crippen molar-refractivity contribution < 1.29 is 13.6 Å². The number of rotatable bonds is 5. The summed E-state index contributed by atoms with van der Waals surface area (Å²) < 4.78 is 10.8. The topological polar surface area (TPSA) is 55.4 Å². The van der Waals surface area contributed by atoms with Gasteiger partial charge < -0.3 is 14.2 Å². The molecule has 0 spiro atoms. The highest BCUT2D eigenvalue weighted by molar-refractivity contribution is 6.30. The highest BCUT2D eigenvalue weighted by atomic mass is 35.5. The smallest absolute Gasteiger partial charge is 0.244 e. The van der Waals surface area contributed by atoms with Crippen molar-refractivity contribution in [2.24, 2.45) is 0 Å². The van der Waals surface area contributed by atoms with Crippen molar-refractivity contribution in [2.45, 2.75) is 6.54 Å². The van der Waals surface area contributed by atoms with Crippen molar-refractivity contribution in [2.75, 3.05) is 0 Å². The first kappa shape index (κ1) is 15.2. The molecule has 0 saturated heterocycles. The van der Waals surface area contributed by atoms with Gasteiger partial charge in [-0.2, -0.15) is 0 Å². The molecule has 0 unspecified atom stereocenters. The third-order valence-electron chi connectivity index (χ3n) is 3.17. The first-order valence-corrected chi connectivity index (χ1v) is 7.42. The van der Waals surface area contributed by atoms with E-state index in [2.05, 4.69) is 5.32 Å². The molecule has 2 aromatic heterocycles. The monoisotopic (exact) mass is 327 g/mol. The normalized spacial score (nSPS) is 11.0. The van der Waals surface area contributed by atoms with Crippen LogP contribution >= 0.6 is 11.6 Å². The molecule has 0 fully saturated rings. The number of hydrogen-bond acceptors (Lipinski definition) is 3. The van der Waals surface area contributed by atoms with Crippen LogP contribution in [0.1, 0.15) is 11.5 Å². The third-order valence-corrected chi connectivity index (χ3v) is 3.42. The van der Waals surface area contributed by atoms with E-state index in [1.807, 2.05) is 24.3 Å². The van der Waals surface area contributed by atoms with Gasteiger partial charge in [-0.25, -0.2) is 0 Å². The third kappa shape index (κ3) is 4.14. The molecule has 3 rings (SSSR count). The molecular weight excluding hydrogens is 314 g/mol. The van der Waals surface area contributed by atoms with Crippen molar-refractivity contribution in [3.8, 4) is 11.3 Å². The molecule has 2 heterocycles. The van der Waals surface area contributed by atoms with Crippen LogP contribution in [-0.4, -0.2) is 5.91 Å². The number of furan rings is 2. The molecule has 1 N–H and O–H groups in total. The molecule has 0 atom stereocenters. The largest absolute Gasteiger partial charge is 0.465 e. The van der Waals surface area contributed by atoms with Crippen LogP contribution in [0.3, 0.4) is 0 Å². The Morgan fingerprint density at radius 2 is 1.96 bits per heavy atom. The van der Waals surface area contributed by atoms with Gasteiger partial charge in [-0.3, -0.25) is 4.79 Å². The fourth-order valence-corrected chi connectivity index (χ4v) is 2.15. The summed E-state index contributed by atoms with van der Waals surface area (Å²) in [7, 11) is 0. The summed E-state index contributed by atoms with van der Waals surface area (Å²) in [6.07, 6.45) is 4.58. The van der Waals surface area contributed by atoms with Gasteiger partial charge in [-0.1, -0.05) is 11.6 Å². The molecule has 5 heteroatoms. The van der Waals surface area contributed by atoms with Crippen molar-refractivity contribution in [1.82, 2.24) is 5.32 Å². The number of hydrogen-bond donors (Lipinski definition) is 1. The first-order valence-electron chi connectivity index (χ1n) is 7.05. The average Bonchev–Trinajstić information content (AvgIpc) is 3.23. The molecule has 0 bridgehead atoms. The van der Waals surface area contributed by atoms with E-state index in [0.29, 0.717) is 23.1 Å². The Balaban J connectivity index is 1.57. The molecule has 0 aliphatic carbocycles.